The van der Waals surface area contributed by atoms with E-state index in [1.807, 2.05) is 11.0 Å². The normalized spacial score (nSPS) is 23.3. The molecule has 1 unspecified atom stereocenters. The van der Waals surface area contributed by atoms with E-state index in [0.29, 0.717) is 0 Å². The Morgan fingerprint density at radius 3 is 2.64 bits per heavy atom. The lowest BCUT2D eigenvalue weighted by molar-refractivity contribution is -0.142. The first-order valence-corrected chi connectivity index (χ1v) is 8.17. The van der Waals surface area contributed by atoms with Gasteiger partial charge in [0.2, 0.25) is 0 Å². The second kappa shape index (κ2) is 7.56. The van der Waals surface area contributed by atoms with Crippen molar-refractivity contribution in [2.24, 2.45) is 0 Å². The fraction of sp³-hybridized carbons (Fsp3) is 0.500. The minimum Gasteiger partial charge on any atom is -0.368 e. The van der Waals surface area contributed by atoms with Crippen molar-refractivity contribution in [1.82, 2.24) is 9.80 Å². The molecule has 0 N–H and O–H groups in total. The van der Waals surface area contributed by atoms with Gasteiger partial charge in [-0.25, -0.2) is 0 Å². The molecule has 1 amide bonds. The average Bonchev–Trinajstić information content (AvgIpc) is 3.10. The number of carbonyl (C=O) groups is 1. The van der Waals surface area contributed by atoms with Crippen LogP contribution >= 0.6 is 0 Å². The van der Waals surface area contributed by atoms with Crippen LogP contribution in [-0.2, 0) is 9.53 Å². The fourth-order valence-electron chi connectivity index (χ4n) is 3.03. The third-order valence-electron chi connectivity index (χ3n) is 4.36. The molecule has 1 aromatic rings. The van der Waals surface area contributed by atoms with Crippen molar-refractivity contribution in [2.75, 3.05) is 39.3 Å². The van der Waals surface area contributed by atoms with E-state index in [4.69, 9.17) is 4.74 Å². The zero-order valence-corrected chi connectivity index (χ0v) is 13.0. The number of amides is 1. The maximum atomic E-state index is 12.3. The van der Waals surface area contributed by atoms with Gasteiger partial charge in [0.15, 0.2) is 0 Å². The minimum atomic E-state index is -0.176. The molecule has 2 aliphatic heterocycles. The van der Waals surface area contributed by atoms with E-state index in [9.17, 15) is 4.79 Å². The summed E-state index contributed by atoms with van der Waals surface area (Å²) in [7, 11) is 0. The number of hydrogen-bond acceptors (Lipinski definition) is 3. The van der Waals surface area contributed by atoms with Gasteiger partial charge in [-0.3, -0.25) is 9.69 Å². The lowest BCUT2D eigenvalue weighted by atomic mass is 10.2. The maximum absolute atomic E-state index is 12.3. The van der Waals surface area contributed by atoms with Gasteiger partial charge in [0.05, 0.1) is 0 Å². The van der Waals surface area contributed by atoms with E-state index >= 15 is 0 Å². The van der Waals surface area contributed by atoms with Gasteiger partial charge in [-0.1, -0.05) is 42.5 Å². The van der Waals surface area contributed by atoms with Gasteiger partial charge >= 0.3 is 0 Å². The van der Waals surface area contributed by atoms with Gasteiger partial charge in [0.1, 0.15) is 6.10 Å². The van der Waals surface area contributed by atoms with Crippen molar-refractivity contribution in [3.05, 3.63) is 42.0 Å². The van der Waals surface area contributed by atoms with Gasteiger partial charge in [0.25, 0.3) is 5.91 Å². The second-order valence-corrected chi connectivity index (χ2v) is 5.94. The molecule has 0 radical (unpaired) electrons. The monoisotopic (exact) mass is 300 g/mol. The molecule has 2 aliphatic rings. The molecule has 0 aromatic heterocycles. The van der Waals surface area contributed by atoms with Crippen molar-refractivity contribution in [1.29, 1.82) is 0 Å². The molecule has 1 atom stereocenters. The van der Waals surface area contributed by atoms with Crippen LogP contribution in [0.1, 0.15) is 18.4 Å². The van der Waals surface area contributed by atoms with Crippen LogP contribution in [0.5, 0.6) is 0 Å². The summed E-state index contributed by atoms with van der Waals surface area (Å²) in [6.45, 7) is 5.20. The standard InChI is InChI=1S/C18H24N2O2/c21-18(17-9-5-15-22-17)20-13-11-19(12-14-20)10-4-8-16-6-2-1-3-7-16/h1-4,6-8,17H,5,9-15H2. The molecule has 1 aromatic carbocycles. The zero-order chi connectivity index (χ0) is 15.2. The predicted octanol–water partition coefficient (Wildman–Crippen LogP) is 2.02. The van der Waals surface area contributed by atoms with E-state index in [2.05, 4.69) is 41.3 Å². The van der Waals surface area contributed by atoms with E-state index in [1.165, 1.54) is 5.56 Å². The minimum absolute atomic E-state index is 0.176. The largest absolute Gasteiger partial charge is 0.368 e. The molecule has 118 valence electrons. The number of benzene rings is 1. The van der Waals surface area contributed by atoms with Gasteiger partial charge in [-0.05, 0) is 18.4 Å². The summed E-state index contributed by atoms with van der Waals surface area (Å²) in [6.07, 6.45) is 6.08. The first kappa shape index (κ1) is 15.3. The van der Waals surface area contributed by atoms with Crippen LogP contribution in [0.15, 0.2) is 36.4 Å². The van der Waals surface area contributed by atoms with Gasteiger partial charge < -0.3 is 9.64 Å². The summed E-state index contributed by atoms with van der Waals surface area (Å²) in [4.78, 5) is 16.6. The lowest BCUT2D eigenvalue weighted by Gasteiger charge is -2.35. The third kappa shape index (κ3) is 3.96. The molecule has 0 aliphatic carbocycles. The number of carbonyl (C=O) groups excluding carboxylic acids is 1. The Labute approximate surface area is 132 Å². The highest BCUT2D eigenvalue weighted by Gasteiger charge is 2.29. The molecule has 0 spiro atoms. The Hall–Kier alpha value is -1.65. The van der Waals surface area contributed by atoms with E-state index in [0.717, 1.165) is 52.2 Å². The smallest absolute Gasteiger partial charge is 0.251 e. The molecule has 2 fully saturated rings. The first-order valence-electron chi connectivity index (χ1n) is 8.17. The Bertz CT molecular complexity index is 501. The number of nitrogens with zero attached hydrogens (tertiary/aromatic N) is 2. The van der Waals surface area contributed by atoms with Gasteiger partial charge in [-0.15, -0.1) is 0 Å². The number of rotatable bonds is 4. The molecule has 2 heterocycles. The summed E-state index contributed by atoms with van der Waals surface area (Å²) >= 11 is 0. The van der Waals surface area contributed by atoms with Crippen LogP contribution in [0.4, 0.5) is 0 Å². The summed E-state index contributed by atoms with van der Waals surface area (Å²) in [5, 5.41) is 0. The SMILES string of the molecule is O=C(C1CCCO1)N1CCN(CC=Cc2ccccc2)CC1. The van der Waals surface area contributed by atoms with Crippen molar-refractivity contribution in [3.63, 3.8) is 0 Å². The first-order chi connectivity index (χ1) is 10.8. The Balaban J connectivity index is 1.42. The highest BCUT2D eigenvalue weighted by atomic mass is 16.5. The van der Waals surface area contributed by atoms with Crippen molar-refractivity contribution in [2.45, 2.75) is 18.9 Å². The quantitative estimate of drug-likeness (QED) is 0.853. The number of piperazine rings is 1. The van der Waals surface area contributed by atoms with Crippen molar-refractivity contribution >= 4 is 12.0 Å². The van der Waals surface area contributed by atoms with Crippen LogP contribution in [-0.4, -0.2) is 61.1 Å². The third-order valence-corrected chi connectivity index (χ3v) is 4.36. The van der Waals surface area contributed by atoms with Crippen LogP contribution in [0.2, 0.25) is 0 Å². The fourth-order valence-corrected chi connectivity index (χ4v) is 3.03. The van der Waals surface area contributed by atoms with Crippen LogP contribution < -0.4 is 0 Å². The van der Waals surface area contributed by atoms with Crippen molar-refractivity contribution < 1.29 is 9.53 Å². The summed E-state index contributed by atoms with van der Waals surface area (Å²) in [5.41, 5.74) is 1.23. The zero-order valence-electron chi connectivity index (χ0n) is 13.0. The van der Waals surface area contributed by atoms with Crippen molar-refractivity contribution in [3.8, 4) is 0 Å². The number of hydrogen-bond donors (Lipinski definition) is 0. The average molecular weight is 300 g/mol. The van der Waals surface area contributed by atoms with E-state index in [1.54, 1.807) is 0 Å². The lowest BCUT2D eigenvalue weighted by Crippen LogP contribution is -2.51. The van der Waals surface area contributed by atoms with E-state index in [-0.39, 0.29) is 12.0 Å². The topological polar surface area (TPSA) is 32.8 Å². The molecule has 0 saturated carbocycles. The molecular weight excluding hydrogens is 276 g/mol. The molecule has 22 heavy (non-hydrogen) atoms. The number of ether oxygens (including phenoxy) is 1. The van der Waals surface area contributed by atoms with E-state index < -0.39 is 0 Å². The summed E-state index contributed by atoms with van der Waals surface area (Å²) in [5.74, 6) is 0.192. The second-order valence-electron chi connectivity index (χ2n) is 5.94. The molecule has 2 saturated heterocycles. The van der Waals surface area contributed by atoms with Crippen LogP contribution in [0.3, 0.4) is 0 Å². The highest BCUT2D eigenvalue weighted by molar-refractivity contribution is 5.81. The van der Waals surface area contributed by atoms with Crippen LogP contribution in [0.25, 0.3) is 6.08 Å². The van der Waals surface area contributed by atoms with Gasteiger partial charge in [0, 0.05) is 39.3 Å². The Morgan fingerprint density at radius 2 is 1.95 bits per heavy atom. The summed E-state index contributed by atoms with van der Waals surface area (Å²) in [6, 6.07) is 10.3. The predicted molar refractivity (Wildman–Crippen MR) is 87.5 cm³/mol. The maximum Gasteiger partial charge on any atom is 0.251 e. The molecule has 3 rings (SSSR count). The molecule has 4 heteroatoms. The highest BCUT2D eigenvalue weighted by Crippen LogP contribution is 2.16. The Kier molecular flexibility index (Phi) is 5.24. The molecule has 4 nitrogen and oxygen atoms in total. The molecular formula is C18H24N2O2. The van der Waals surface area contributed by atoms with Gasteiger partial charge in [-0.2, -0.15) is 0 Å². The Morgan fingerprint density at radius 1 is 1.18 bits per heavy atom. The van der Waals surface area contributed by atoms with Crippen LogP contribution in [0, 0.1) is 0 Å². The summed E-state index contributed by atoms with van der Waals surface area (Å²) < 4.78 is 5.49. The molecule has 0 bridgehead atoms.